The van der Waals surface area contributed by atoms with E-state index >= 15 is 0 Å². The van der Waals surface area contributed by atoms with E-state index in [-0.39, 0.29) is 36.9 Å². The van der Waals surface area contributed by atoms with Crippen molar-refractivity contribution in [3.63, 3.8) is 0 Å². The normalized spacial score (nSPS) is 11.1. The molecule has 3 heterocycles. The number of rotatable bonds is 10. The van der Waals surface area contributed by atoms with E-state index in [9.17, 15) is 8.78 Å². The number of para-hydroxylation sites is 1. The van der Waals surface area contributed by atoms with E-state index in [1.165, 1.54) is 18.0 Å². The first-order valence-electron chi connectivity index (χ1n) is 12.3. The molecule has 0 saturated carbocycles. The highest BCUT2D eigenvalue weighted by atomic mass is 19.1. The molecule has 40 heavy (non-hydrogen) atoms. The number of anilines is 2. The minimum Gasteiger partial charge on any atom is -0.493 e. The van der Waals surface area contributed by atoms with Crippen LogP contribution in [0.4, 0.5) is 20.3 Å². The van der Waals surface area contributed by atoms with Gasteiger partial charge in [0.25, 0.3) is 0 Å². The molecule has 3 aromatic heterocycles. The van der Waals surface area contributed by atoms with E-state index in [0.29, 0.717) is 39.6 Å². The monoisotopic (exact) mass is 548 g/mol. The number of hydrogen-bond donors (Lipinski definition) is 2. The van der Waals surface area contributed by atoms with Crippen LogP contribution in [0, 0.1) is 18.6 Å². The van der Waals surface area contributed by atoms with E-state index < -0.39 is 11.6 Å². The lowest BCUT2D eigenvalue weighted by Crippen LogP contribution is -2.08. The van der Waals surface area contributed by atoms with Gasteiger partial charge in [0.2, 0.25) is 0 Å². The topological polar surface area (TPSA) is 116 Å². The fraction of sp³-hybridized carbons (Fsp3) is 0.214. The maximum absolute atomic E-state index is 14.9. The molecule has 0 saturated heterocycles. The molecule has 0 bridgehead atoms. The Morgan fingerprint density at radius 3 is 2.42 bits per heavy atom. The van der Waals surface area contributed by atoms with Crippen molar-refractivity contribution >= 4 is 22.4 Å². The van der Waals surface area contributed by atoms with Crippen LogP contribution in [0.3, 0.4) is 0 Å². The summed E-state index contributed by atoms with van der Waals surface area (Å²) in [6.07, 6.45) is 3.12. The van der Waals surface area contributed by atoms with Crippen LogP contribution in [-0.4, -0.2) is 57.3 Å². The third-order valence-corrected chi connectivity index (χ3v) is 6.10. The molecule has 0 atom stereocenters. The molecule has 0 aliphatic carbocycles. The maximum atomic E-state index is 14.9. The van der Waals surface area contributed by atoms with E-state index in [4.69, 9.17) is 19.3 Å². The molecule has 0 fully saturated rings. The summed E-state index contributed by atoms with van der Waals surface area (Å²) in [6.45, 7) is 1.33. The van der Waals surface area contributed by atoms with Crippen LogP contribution in [0.2, 0.25) is 0 Å². The number of methoxy groups -OCH3 is 2. The Labute approximate surface area is 228 Å². The number of fused-ring (bicyclic) bond motifs is 1. The number of aliphatic hydroxyl groups is 1. The van der Waals surface area contributed by atoms with Gasteiger partial charge in [0.1, 0.15) is 29.7 Å². The third-order valence-electron chi connectivity index (χ3n) is 6.10. The SMILES string of the molecule is COc1cnc(C)cc1Nc1nc(-c2nn(Cc3c(F)cc(OCCO)cc3F)c3ccccc23)ncc1OC. The quantitative estimate of drug-likeness (QED) is 0.257. The van der Waals surface area contributed by atoms with Crippen molar-refractivity contribution in [2.24, 2.45) is 0 Å². The van der Waals surface area contributed by atoms with Gasteiger partial charge in [-0.05, 0) is 19.1 Å². The van der Waals surface area contributed by atoms with Crippen LogP contribution in [0.5, 0.6) is 17.2 Å². The van der Waals surface area contributed by atoms with E-state index in [1.807, 2.05) is 31.2 Å². The van der Waals surface area contributed by atoms with Gasteiger partial charge in [0.05, 0.1) is 51.0 Å². The number of pyridine rings is 1. The lowest BCUT2D eigenvalue weighted by atomic mass is 10.1. The van der Waals surface area contributed by atoms with Gasteiger partial charge in [0, 0.05) is 28.8 Å². The van der Waals surface area contributed by atoms with Crippen molar-refractivity contribution in [3.05, 3.63) is 77.8 Å². The molecule has 5 aromatic rings. The summed E-state index contributed by atoms with van der Waals surface area (Å²) >= 11 is 0. The number of halogens is 2. The Hall–Kier alpha value is -4.84. The first-order chi connectivity index (χ1) is 19.4. The zero-order valence-corrected chi connectivity index (χ0v) is 22.0. The zero-order valence-electron chi connectivity index (χ0n) is 22.0. The summed E-state index contributed by atoms with van der Waals surface area (Å²) in [5.74, 6) is -0.0458. The van der Waals surface area contributed by atoms with E-state index in [0.717, 1.165) is 17.8 Å². The largest absolute Gasteiger partial charge is 0.493 e. The van der Waals surface area contributed by atoms with Gasteiger partial charge in [-0.3, -0.25) is 9.67 Å². The molecule has 5 rings (SSSR count). The van der Waals surface area contributed by atoms with Crippen molar-refractivity contribution < 1.29 is 28.1 Å². The van der Waals surface area contributed by atoms with Crippen molar-refractivity contribution in [3.8, 4) is 28.8 Å². The lowest BCUT2D eigenvalue weighted by Gasteiger charge is -2.13. The number of benzene rings is 2. The van der Waals surface area contributed by atoms with Gasteiger partial charge in [-0.15, -0.1) is 0 Å². The predicted octanol–water partition coefficient (Wildman–Crippen LogP) is 4.66. The molecule has 2 aromatic carbocycles. The number of ether oxygens (including phenoxy) is 3. The number of nitrogens with one attached hydrogen (secondary N) is 1. The number of nitrogens with zero attached hydrogens (tertiary/aromatic N) is 5. The molecule has 10 nitrogen and oxygen atoms in total. The molecule has 0 amide bonds. The number of hydrogen-bond acceptors (Lipinski definition) is 9. The van der Waals surface area contributed by atoms with Crippen molar-refractivity contribution in [2.75, 3.05) is 32.8 Å². The van der Waals surface area contributed by atoms with Gasteiger partial charge in [-0.25, -0.2) is 18.7 Å². The van der Waals surface area contributed by atoms with Gasteiger partial charge >= 0.3 is 0 Å². The number of aryl methyl sites for hydroxylation is 1. The highest BCUT2D eigenvalue weighted by molar-refractivity contribution is 5.92. The third kappa shape index (κ3) is 5.34. The predicted molar refractivity (Wildman–Crippen MR) is 144 cm³/mol. The Balaban J connectivity index is 1.55. The van der Waals surface area contributed by atoms with Crippen molar-refractivity contribution in [1.82, 2.24) is 24.7 Å². The Morgan fingerprint density at radius 2 is 1.70 bits per heavy atom. The zero-order chi connectivity index (χ0) is 28.2. The highest BCUT2D eigenvalue weighted by Gasteiger charge is 2.20. The molecule has 0 unspecified atom stereocenters. The molecule has 0 spiro atoms. The minimum atomic E-state index is -0.789. The van der Waals surface area contributed by atoms with Crippen LogP contribution >= 0.6 is 0 Å². The second-order valence-electron chi connectivity index (χ2n) is 8.72. The van der Waals surface area contributed by atoms with Crippen LogP contribution in [-0.2, 0) is 6.54 Å². The standard InChI is InChI=1S/C28H26F2N6O4/c1-16-10-22(24(38-2)13-31-16)33-27-25(39-3)14-32-28(34-27)26-18-6-4-5-7-23(18)36(35-26)15-19-20(29)11-17(12-21(19)30)40-9-8-37/h4-7,10-14,37H,8-9,15H2,1-3H3,(H,31,32,33,34). The fourth-order valence-electron chi connectivity index (χ4n) is 4.20. The Kier molecular flexibility index (Phi) is 7.69. The Morgan fingerprint density at radius 1 is 0.975 bits per heavy atom. The molecule has 0 aliphatic heterocycles. The summed E-state index contributed by atoms with van der Waals surface area (Å²) in [4.78, 5) is 13.4. The fourth-order valence-corrected chi connectivity index (χ4v) is 4.20. The molecule has 0 aliphatic rings. The van der Waals surface area contributed by atoms with Gasteiger partial charge < -0.3 is 24.6 Å². The average molecular weight is 549 g/mol. The summed E-state index contributed by atoms with van der Waals surface area (Å²) in [6, 6.07) is 11.3. The van der Waals surface area contributed by atoms with Gasteiger partial charge in [-0.1, -0.05) is 18.2 Å². The molecule has 206 valence electrons. The second-order valence-corrected chi connectivity index (χ2v) is 8.72. The average Bonchev–Trinajstić information content (AvgIpc) is 3.32. The smallest absolute Gasteiger partial charge is 0.183 e. The molecule has 12 heteroatoms. The maximum Gasteiger partial charge on any atom is 0.183 e. The lowest BCUT2D eigenvalue weighted by molar-refractivity contribution is 0.200. The van der Waals surface area contributed by atoms with E-state index in [2.05, 4.69) is 25.4 Å². The number of aromatic nitrogens is 5. The van der Waals surface area contributed by atoms with Gasteiger partial charge in [-0.2, -0.15) is 5.10 Å². The van der Waals surface area contributed by atoms with Gasteiger partial charge in [0.15, 0.2) is 23.1 Å². The van der Waals surface area contributed by atoms with E-state index in [1.54, 1.807) is 19.4 Å². The summed E-state index contributed by atoms with van der Waals surface area (Å²) in [5, 5.41) is 17.5. The molecular formula is C28H26F2N6O4. The van der Waals surface area contributed by atoms with Crippen LogP contribution in [0.15, 0.2) is 54.9 Å². The Bertz CT molecular complexity index is 1650. The summed E-state index contributed by atoms with van der Waals surface area (Å²) in [7, 11) is 3.05. The summed E-state index contributed by atoms with van der Waals surface area (Å²) in [5.41, 5.74) is 2.27. The summed E-state index contributed by atoms with van der Waals surface area (Å²) < 4.78 is 47.3. The van der Waals surface area contributed by atoms with Crippen molar-refractivity contribution in [1.29, 1.82) is 0 Å². The first-order valence-corrected chi connectivity index (χ1v) is 12.3. The first kappa shape index (κ1) is 26.8. The highest BCUT2D eigenvalue weighted by Crippen LogP contribution is 2.34. The van der Waals surface area contributed by atoms with Crippen LogP contribution in [0.1, 0.15) is 11.3 Å². The van der Waals surface area contributed by atoms with Crippen LogP contribution in [0.25, 0.3) is 22.4 Å². The molecule has 0 radical (unpaired) electrons. The minimum absolute atomic E-state index is 0.00787. The molecular weight excluding hydrogens is 522 g/mol. The number of aliphatic hydroxyl groups excluding tert-OH is 1. The second kappa shape index (κ2) is 11.5. The molecule has 2 N–H and O–H groups in total. The van der Waals surface area contributed by atoms with Crippen LogP contribution < -0.4 is 19.5 Å². The van der Waals surface area contributed by atoms with Crippen molar-refractivity contribution in [2.45, 2.75) is 13.5 Å².